The standard InChI is InChI=1S/C18H20N2O2S/c1-13(21)12-19-18(22)16-11-17-15(8-10-23-17)20(16)9-7-14-5-3-2-4-6-14/h2-6,8,10-11,13,21H,7,9,12H2,1H3,(H,19,22). The summed E-state index contributed by atoms with van der Waals surface area (Å²) in [5.74, 6) is -0.137. The van der Waals surface area contributed by atoms with Crippen LogP contribution in [0.1, 0.15) is 23.0 Å². The van der Waals surface area contributed by atoms with Gasteiger partial charge in [0.2, 0.25) is 0 Å². The third-order valence-electron chi connectivity index (χ3n) is 3.78. The maximum absolute atomic E-state index is 12.4. The summed E-state index contributed by atoms with van der Waals surface area (Å²) >= 11 is 1.64. The molecule has 2 N–H and O–H groups in total. The molecule has 0 aliphatic carbocycles. The summed E-state index contributed by atoms with van der Waals surface area (Å²) in [5.41, 5.74) is 3.00. The van der Waals surface area contributed by atoms with Crippen LogP contribution in [0, 0.1) is 0 Å². The Morgan fingerprint density at radius 1 is 1.30 bits per heavy atom. The highest BCUT2D eigenvalue weighted by atomic mass is 32.1. The molecule has 0 radical (unpaired) electrons. The molecule has 4 nitrogen and oxygen atoms in total. The molecule has 1 unspecified atom stereocenters. The molecule has 1 amide bonds. The fourth-order valence-corrected chi connectivity index (χ4v) is 3.44. The van der Waals surface area contributed by atoms with Crippen LogP contribution in [0.25, 0.3) is 10.2 Å². The summed E-state index contributed by atoms with van der Waals surface area (Å²) in [5, 5.41) is 14.2. The highest BCUT2D eigenvalue weighted by Crippen LogP contribution is 2.25. The average molecular weight is 328 g/mol. The van der Waals surface area contributed by atoms with Gasteiger partial charge < -0.3 is 15.0 Å². The number of nitrogens with one attached hydrogen (secondary N) is 1. The topological polar surface area (TPSA) is 54.3 Å². The van der Waals surface area contributed by atoms with Crippen LogP contribution in [-0.4, -0.2) is 28.2 Å². The summed E-state index contributed by atoms with van der Waals surface area (Å²) in [6, 6.07) is 14.2. The van der Waals surface area contributed by atoms with Crippen molar-refractivity contribution in [3.63, 3.8) is 0 Å². The number of carbonyl (C=O) groups excluding carboxylic acids is 1. The highest BCUT2D eigenvalue weighted by Gasteiger charge is 2.16. The van der Waals surface area contributed by atoms with Gasteiger partial charge in [0.05, 0.1) is 16.3 Å². The first-order valence-corrected chi connectivity index (χ1v) is 8.60. The molecule has 2 heterocycles. The molecule has 120 valence electrons. The van der Waals surface area contributed by atoms with Crippen molar-refractivity contribution in [1.29, 1.82) is 0 Å². The summed E-state index contributed by atoms with van der Waals surface area (Å²) < 4.78 is 3.18. The first-order valence-electron chi connectivity index (χ1n) is 7.72. The number of aromatic nitrogens is 1. The molecule has 0 spiro atoms. The number of aliphatic hydroxyl groups excluding tert-OH is 1. The molecule has 3 rings (SSSR count). The number of carbonyl (C=O) groups is 1. The number of aryl methyl sites for hydroxylation is 2. The van der Waals surface area contributed by atoms with Gasteiger partial charge in [-0.3, -0.25) is 4.79 Å². The van der Waals surface area contributed by atoms with Crippen LogP contribution in [0.2, 0.25) is 0 Å². The molecule has 1 atom stereocenters. The molecule has 0 saturated heterocycles. The summed E-state index contributed by atoms with van der Waals surface area (Å²) in [6.07, 6.45) is 0.324. The van der Waals surface area contributed by atoms with Crippen molar-refractivity contribution in [2.75, 3.05) is 6.54 Å². The minimum atomic E-state index is -0.548. The maximum atomic E-state index is 12.4. The minimum absolute atomic E-state index is 0.137. The Hall–Kier alpha value is -2.11. The Kier molecular flexibility index (Phi) is 4.79. The third kappa shape index (κ3) is 3.63. The lowest BCUT2D eigenvalue weighted by molar-refractivity contribution is 0.0915. The van der Waals surface area contributed by atoms with E-state index in [0.29, 0.717) is 5.69 Å². The molecular formula is C18H20N2O2S. The van der Waals surface area contributed by atoms with Crippen molar-refractivity contribution >= 4 is 27.5 Å². The van der Waals surface area contributed by atoms with Crippen molar-refractivity contribution in [3.8, 4) is 0 Å². The molecule has 3 aromatic rings. The quantitative estimate of drug-likeness (QED) is 0.731. The number of nitrogens with zero attached hydrogens (tertiary/aromatic N) is 1. The molecule has 5 heteroatoms. The van der Waals surface area contributed by atoms with Gasteiger partial charge in [-0.2, -0.15) is 0 Å². The second kappa shape index (κ2) is 6.98. The second-order valence-electron chi connectivity index (χ2n) is 5.65. The monoisotopic (exact) mass is 328 g/mol. The van der Waals surface area contributed by atoms with Crippen molar-refractivity contribution in [2.24, 2.45) is 0 Å². The molecule has 23 heavy (non-hydrogen) atoms. The van der Waals surface area contributed by atoms with E-state index in [0.717, 1.165) is 23.2 Å². The first kappa shape index (κ1) is 15.8. The zero-order valence-corrected chi connectivity index (χ0v) is 13.8. The largest absolute Gasteiger partial charge is 0.392 e. The van der Waals surface area contributed by atoms with E-state index < -0.39 is 6.10 Å². The number of benzene rings is 1. The number of amides is 1. The van der Waals surface area contributed by atoms with E-state index in [2.05, 4.69) is 28.1 Å². The number of rotatable bonds is 6. The molecule has 0 aliphatic rings. The fourth-order valence-electron chi connectivity index (χ4n) is 2.62. The fraction of sp³-hybridized carbons (Fsp3) is 0.278. The van der Waals surface area contributed by atoms with E-state index in [9.17, 15) is 9.90 Å². The first-order chi connectivity index (χ1) is 11.1. The number of hydrogen-bond acceptors (Lipinski definition) is 3. The van der Waals surface area contributed by atoms with Crippen LogP contribution in [0.15, 0.2) is 47.8 Å². The van der Waals surface area contributed by atoms with E-state index >= 15 is 0 Å². The van der Waals surface area contributed by atoms with Gasteiger partial charge in [0.25, 0.3) is 5.91 Å². The van der Waals surface area contributed by atoms with E-state index in [-0.39, 0.29) is 12.5 Å². The number of fused-ring (bicyclic) bond motifs is 1. The van der Waals surface area contributed by atoms with E-state index in [4.69, 9.17) is 0 Å². The van der Waals surface area contributed by atoms with Crippen molar-refractivity contribution in [2.45, 2.75) is 26.0 Å². The summed E-state index contributed by atoms with van der Waals surface area (Å²) in [7, 11) is 0. The van der Waals surface area contributed by atoms with E-state index in [1.165, 1.54) is 5.56 Å². The highest BCUT2D eigenvalue weighted by molar-refractivity contribution is 7.17. The SMILES string of the molecule is CC(O)CNC(=O)c1cc2sccc2n1CCc1ccccc1. The normalized spacial score (nSPS) is 12.4. The third-order valence-corrected chi connectivity index (χ3v) is 4.63. The molecule has 2 aromatic heterocycles. The molecule has 0 saturated carbocycles. The van der Waals surface area contributed by atoms with Crippen LogP contribution in [-0.2, 0) is 13.0 Å². The van der Waals surface area contributed by atoms with Crippen molar-refractivity contribution in [3.05, 3.63) is 59.1 Å². The molecule has 1 aromatic carbocycles. The van der Waals surface area contributed by atoms with Crippen molar-refractivity contribution in [1.82, 2.24) is 9.88 Å². The molecule has 0 bridgehead atoms. The minimum Gasteiger partial charge on any atom is -0.392 e. The number of aliphatic hydroxyl groups is 1. The Labute approximate surface area is 139 Å². The van der Waals surface area contributed by atoms with Gasteiger partial charge in [-0.05, 0) is 36.4 Å². The van der Waals surface area contributed by atoms with Gasteiger partial charge in [-0.25, -0.2) is 0 Å². The molecular weight excluding hydrogens is 308 g/mol. The second-order valence-corrected chi connectivity index (χ2v) is 6.59. The zero-order valence-electron chi connectivity index (χ0n) is 13.0. The van der Waals surface area contributed by atoms with Crippen LogP contribution >= 0.6 is 11.3 Å². The lowest BCUT2D eigenvalue weighted by Gasteiger charge is -2.11. The van der Waals surface area contributed by atoms with Gasteiger partial charge in [0.15, 0.2) is 0 Å². The average Bonchev–Trinajstić information content (AvgIpc) is 3.13. The Bertz CT molecular complexity index is 790. The Morgan fingerprint density at radius 3 is 2.83 bits per heavy atom. The van der Waals surface area contributed by atoms with Gasteiger partial charge in [-0.1, -0.05) is 30.3 Å². The predicted molar refractivity (Wildman–Crippen MR) is 94.0 cm³/mol. The van der Waals surface area contributed by atoms with E-state index in [1.807, 2.05) is 29.6 Å². The lowest BCUT2D eigenvalue weighted by Crippen LogP contribution is -2.32. The zero-order chi connectivity index (χ0) is 16.2. The van der Waals surface area contributed by atoms with Gasteiger partial charge >= 0.3 is 0 Å². The van der Waals surface area contributed by atoms with Crippen LogP contribution < -0.4 is 5.32 Å². The number of thiophene rings is 1. The van der Waals surface area contributed by atoms with Crippen LogP contribution in [0.5, 0.6) is 0 Å². The van der Waals surface area contributed by atoms with Crippen molar-refractivity contribution < 1.29 is 9.90 Å². The summed E-state index contributed by atoms with van der Waals surface area (Å²) in [4.78, 5) is 12.4. The Balaban J connectivity index is 1.83. The maximum Gasteiger partial charge on any atom is 0.268 e. The van der Waals surface area contributed by atoms with Gasteiger partial charge in [0.1, 0.15) is 5.69 Å². The van der Waals surface area contributed by atoms with Gasteiger partial charge in [-0.15, -0.1) is 11.3 Å². The van der Waals surface area contributed by atoms with Gasteiger partial charge in [0, 0.05) is 13.1 Å². The molecule has 0 aliphatic heterocycles. The van der Waals surface area contributed by atoms with Crippen LogP contribution in [0.3, 0.4) is 0 Å². The molecule has 0 fully saturated rings. The predicted octanol–water partition coefficient (Wildman–Crippen LogP) is 3.06. The number of hydrogen-bond donors (Lipinski definition) is 2. The van der Waals surface area contributed by atoms with E-state index in [1.54, 1.807) is 18.3 Å². The Morgan fingerprint density at radius 2 is 2.09 bits per heavy atom. The lowest BCUT2D eigenvalue weighted by atomic mass is 10.1. The smallest absolute Gasteiger partial charge is 0.268 e. The summed E-state index contributed by atoms with van der Waals surface area (Å²) in [6.45, 7) is 2.67. The van der Waals surface area contributed by atoms with Crippen LogP contribution in [0.4, 0.5) is 0 Å².